The Balaban J connectivity index is 1.91. The van der Waals surface area contributed by atoms with E-state index in [-0.39, 0.29) is 5.69 Å². The maximum atomic E-state index is 14.7. The van der Waals surface area contributed by atoms with Crippen LogP contribution in [0, 0.1) is 11.3 Å². The van der Waals surface area contributed by atoms with E-state index in [9.17, 15) is 37.1 Å². The van der Waals surface area contributed by atoms with Gasteiger partial charge in [0, 0.05) is 25.2 Å². The number of imidazole rings is 1. The first kappa shape index (κ1) is 25.1. The van der Waals surface area contributed by atoms with E-state index in [1.807, 2.05) is 11.5 Å². The summed E-state index contributed by atoms with van der Waals surface area (Å²) < 4.78 is 60.1. The Morgan fingerprint density at radius 1 is 1.22 bits per heavy atom. The van der Waals surface area contributed by atoms with E-state index in [2.05, 4.69) is 4.98 Å². The summed E-state index contributed by atoms with van der Waals surface area (Å²) in [7, 11) is 0. The first-order valence-electron chi connectivity index (χ1n) is 11.1. The topological polar surface area (TPSA) is 102 Å². The second-order valence-electron chi connectivity index (χ2n) is 8.43. The van der Waals surface area contributed by atoms with Crippen molar-refractivity contribution < 1.29 is 27.5 Å². The van der Waals surface area contributed by atoms with Crippen molar-refractivity contribution in [3.05, 3.63) is 81.2 Å². The van der Waals surface area contributed by atoms with Gasteiger partial charge in [0.1, 0.15) is 11.2 Å². The van der Waals surface area contributed by atoms with Crippen LogP contribution in [0.25, 0.3) is 16.7 Å². The summed E-state index contributed by atoms with van der Waals surface area (Å²) in [4.78, 5) is 42.1. The summed E-state index contributed by atoms with van der Waals surface area (Å²) in [5, 5.41) is 11.7. The van der Waals surface area contributed by atoms with Crippen molar-refractivity contribution in [1.29, 1.82) is 0 Å². The zero-order valence-corrected chi connectivity index (χ0v) is 19.3. The molecule has 36 heavy (non-hydrogen) atoms. The minimum Gasteiger partial charge on any atom is -0.545 e. The number of aromatic carboxylic acids is 1. The summed E-state index contributed by atoms with van der Waals surface area (Å²) in [5.41, 5.74) is -5.01. The van der Waals surface area contributed by atoms with E-state index in [1.165, 1.54) is 12.1 Å². The number of alkyl halides is 3. The molecule has 190 valence electrons. The molecule has 1 aliphatic carbocycles. The lowest BCUT2D eigenvalue weighted by molar-refractivity contribution is -0.255. The highest BCUT2D eigenvalue weighted by Crippen LogP contribution is 2.54. The van der Waals surface area contributed by atoms with Crippen LogP contribution in [0.3, 0.4) is 0 Å². The maximum absolute atomic E-state index is 14.7. The molecule has 2 heterocycles. The number of carboxylic acid groups (broad SMARTS) is 1. The molecule has 1 aromatic carbocycles. The van der Waals surface area contributed by atoms with Crippen molar-refractivity contribution in [1.82, 2.24) is 18.7 Å². The van der Waals surface area contributed by atoms with Gasteiger partial charge in [0.25, 0.3) is 5.56 Å². The lowest BCUT2D eigenvalue weighted by Crippen LogP contribution is -2.50. The average Bonchev–Trinajstić information content (AvgIpc) is 3.23. The van der Waals surface area contributed by atoms with Gasteiger partial charge in [-0.15, -0.1) is 0 Å². The number of hydrogen-bond acceptors (Lipinski definition) is 5. The largest absolute Gasteiger partial charge is 0.545 e. The Kier molecular flexibility index (Phi) is 6.23. The molecule has 0 fully saturated rings. The zero-order valence-electron chi connectivity index (χ0n) is 19.3. The molecule has 2 unspecified atom stereocenters. The number of carbonyl (C=O) groups is 1. The normalized spacial score (nSPS) is 20.1. The molecule has 0 saturated heterocycles. The van der Waals surface area contributed by atoms with Crippen LogP contribution in [0.2, 0.25) is 0 Å². The van der Waals surface area contributed by atoms with E-state index in [0.717, 1.165) is 35.4 Å². The van der Waals surface area contributed by atoms with Crippen LogP contribution in [0.5, 0.6) is 0 Å². The van der Waals surface area contributed by atoms with Crippen molar-refractivity contribution in [2.24, 2.45) is 11.3 Å². The van der Waals surface area contributed by atoms with Crippen molar-refractivity contribution in [2.75, 3.05) is 0 Å². The Labute approximate surface area is 201 Å². The molecule has 1 aliphatic rings. The molecule has 0 aliphatic heterocycles. The van der Waals surface area contributed by atoms with E-state index < -0.39 is 59.1 Å². The number of carboxylic acids is 1. The summed E-state index contributed by atoms with van der Waals surface area (Å²) >= 11 is 0. The molecule has 0 N–H and O–H groups in total. The number of carbonyl (C=O) groups excluding carboxylic acids is 1. The number of benzene rings is 1. The Morgan fingerprint density at radius 2 is 1.94 bits per heavy atom. The van der Waals surface area contributed by atoms with Gasteiger partial charge in [0.15, 0.2) is 0 Å². The number of fused-ring (bicyclic) bond motifs is 1. The summed E-state index contributed by atoms with van der Waals surface area (Å²) in [6, 6.07) is 4.60. The van der Waals surface area contributed by atoms with Crippen LogP contribution in [0.1, 0.15) is 30.6 Å². The van der Waals surface area contributed by atoms with Crippen LogP contribution in [-0.4, -0.2) is 30.8 Å². The fraction of sp³-hybridized carbons (Fsp3) is 0.333. The Bertz CT molecular complexity index is 1530. The number of nitrogens with zero attached hydrogens (tertiary/aromatic N) is 4. The highest BCUT2D eigenvalue weighted by atomic mass is 19.4. The van der Waals surface area contributed by atoms with Crippen LogP contribution < -0.4 is 16.4 Å². The van der Waals surface area contributed by atoms with Crippen molar-refractivity contribution in [3.63, 3.8) is 0 Å². The number of rotatable bonds is 6. The first-order chi connectivity index (χ1) is 17.0. The molecule has 0 amide bonds. The SMILES string of the molecule is CCn1cnc2cc(-n3cc(C(=O)[O-])c(=O)n(CC4C=CC=C(F)C4(CC)C(F)(F)F)c3=O)ccc21. The fourth-order valence-corrected chi connectivity index (χ4v) is 4.70. The summed E-state index contributed by atoms with van der Waals surface area (Å²) in [6.07, 6.45) is -0.582. The van der Waals surface area contributed by atoms with E-state index in [1.54, 1.807) is 12.4 Å². The van der Waals surface area contributed by atoms with Crippen LogP contribution >= 0.6 is 0 Å². The van der Waals surface area contributed by atoms with Gasteiger partial charge in [0.05, 0.1) is 34.6 Å². The van der Waals surface area contributed by atoms with Gasteiger partial charge >= 0.3 is 11.9 Å². The van der Waals surface area contributed by atoms with Gasteiger partial charge in [-0.1, -0.05) is 19.1 Å². The van der Waals surface area contributed by atoms with Gasteiger partial charge < -0.3 is 14.5 Å². The minimum atomic E-state index is -5.05. The molecule has 3 aromatic rings. The number of hydrogen-bond donors (Lipinski definition) is 0. The van der Waals surface area contributed by atoms with Gasteiger partial charge in [-0.25, -0.2) is 14.2 Å². The third-order valence-electron chi connectivity index (χ3n) is 6.70. The monoisotopic (exact) mass is 505 g/mol. The van der Waals surface area contributed by atoms with Gasteiger partial charge in [-0.2, -0.15) is 13.2 Å². The van der Waals surface area contributed by atoms with E-state index in [4.69, 9.17) is 0 Å². The maximum Gasteiger partial charge on any atom is 0.401 e. The molecule has 4 rings (SSSR count). The molecule has 8 nitrogen and oxygen atoms in total. The van der Waals surface area contributed by atoms with E-state index >= 15 is 0 Å². The second kappa shape index (κ2) is 8.92. The lowest BCUT2D eigenvalue weighted by atomic mass is 9.69. The second-order valence-corrected chi connectivity index (χ2v) is 8.43. The molecule has 12 heteroatoms. The lowest BCUT2D eigenvalue weighted by Gasteiger charge is -2.40. The quantitative estimate of drug-likeness (QED) is 0.480. The minimum absolute atomic E-state index is 0.132. The molecular formula is C24H21F4N4O4-. The molecule has 2 aromatic heterocycles. The molecule has 0 spiro atoms. The third kappa shape index (κ3) is 3.76. The van der Waals surface area contributed by atoms with Crippen LogP contribution in [0.15, 0.2) is 64.4 Å². The first-order valence-corrected chi connectivity index (χ1v) is 11.1. The van der Waals surface area contributed by atoms with E-state index in [0.29, 0.717) is 22.7 Å². The number of halogens is 4. The van der Waals surface area contributed by atoms with Crippen molar-refractivity contribution in [2.45, 2.75) is 39.5 Å². The summed E-state index contributed by atoms with van der Waals surface area (Å²) in [6.45, 7) is 2.76. The standard InChI is InChI=1S/C24H22F4N4O4/c1-3-23(24(26,27)28)14(6-5-7-19(23)25)11-32-20(33)16(21(34)35)12-31(22(32)36)15-8-9-18-17(10-15)29-13-30(18)4-2/h5-10,12-14H,3-4,11H2,1-2H3,(H,34,35)/p-1. The molecule has 2 atom stereocenters. The van der Waals surface area contributed by atoms with Gasteiger partial charge in [-0.3, -0.25) is 13.9 Å². The van der Waals surface area contributed by atoms with Gasteiger partial charge in [-0.05, 0) is 37.6 Å². The predicted octanol–water partition coefficient (Wildman–Crippen LogP) is 2.73. The van der Waals surface area contributed by atoms with Gasteiger partial charge in [0.2, 0.25) is 0 Å². The smallest absolute Gasteiger partial charge is 0.401 e. The fourth-order valence-electron chi connectivity index (χ4n) is 4.70. The number of aromatic nitrogens is 4. The third-order valence-corrected chi connectivity index (χ3v) is 6.70. The summed E-state index contributed by atoms with van der Waals surface area (Å²) in [5.74, 6) is -5.06. The van der Waals surface area contributed by atoms with Crippen LogP contribution in [0.4, 0.5) is 17.6 Å². The highest BCUT2D eigenvalue weighted by Gasteiger charge is 2.61. The van der Waals surface area contributed by atoms with Crippen molar-refractivity contribution >= 4 is 17.0 Å². The Morgan fingerprint density at radius 3 is 2.56 bits per heavy atom. The Hall–Kier alpha value is -3.96. The molecule has 0 radical (unpaired) electrons. The number of allylic oxidation sites excluding steroid dienone is 4. The molecule has 0 saturated carbocycles. The zero-order chi connectivity index (χ0) is 26.4. The van der Waals surface area contributed by atoms with Crippen molar-refractivity contribution in [3.8, 4) is 5.69 Å². The highest BCUT2D eigenvalue weighted by molar-refractivity contribution is 5.85. The predicted molar refractivity (Wildman–Crippen MR) is 120 cm³/mol. The number of aryl methyl sites for hydroxylation is 1. The molecule has 0 bridgehead atoms. The molecular weight excluding hydrogens is 484 g/mol. The average molecular weight is 505 g/mol. The van der Waals surface area contributed by atoms with Crippen LogP contribution in [-0.2, 0) is 13.1 Å².